The SMILES string of the molecule is NCc1cccc(C[C@@H](NC2CCCCC2)C(=O)N2CCN(C(=O)Oc3cccc4ccccc34)C[C@H]2C(=O)NCc2cccs2)c1. The number of benzene rings is 3. The summed E-state index contributed by atoms with van der Waals surface area (Å²) in [6.45, 7) is 1.27. The Hall–Kier alpha value is -4.25. The van der Waals surface area contributed by atoms with Crippen LogP contribution in [0.1, 0.15) is 48.1 Å². The third-order valence-corrected chi connectivity index (χ3v) is 10.1. The first-order valence-corrected chi connectivity index (χ1v) is 17.5. The second-order valence-corrected chi connectivity index (χ2v) is 13.5. The van der Waals surface area contributed by atoms with Crippen LogP contribution in [0.3, 0.4) is 0 Å². The summed E-state index contributed by atoms with van der Waals surface area (Å²) in [5, 5.41) is 10.5. The van der Waals surface area contributed by atoms with E-state index in [1.165, 1.54) is 11.3 Å². The van der Waals surface area contributed by atoms with E-state index < -0.39 is 18.2 Å². The van der Waals surface area contributed by atoms with Crippen LogP contribution in [0.5, 0.6) is 5.75 Å². The van der Waals surface area contributed by atoms with Gasteiger partial charge in [0.05, 0.1) is 19.1 Å². The summed E-state index contributed by atoms with van der Waals surface area (Å²) in [7, 11) is 0. The van der Waals surface area contributed by atoms with Crippen molar-refractivity contribution in [1.82, 2.24) is 20.4 Å². The minimum atomic E-state index is -0.873. The fraction of sp³-hybridized carbons (Fsp3) is 0.378. The van der Waals surface area contributed by atoms with Gasteiger partial charge in [-0.15, -0.1) is 11.3 Å². The molecule has 3 aromatic carbocycles. The third-order valence-electron chi connectivity index (χ3n) is 9.20. The van der Waals surface area contributed by atoms with Crippen molar-refractivity contribution < 1.29 is 19.1 Å². The number of hydrogen-bond donors (Lipinski definition) is 3. The van der Waals surface area contributed by atoms with Gasteiger partial charge in [-0.3, -0.25) is 9.59 Å². The lowest BCUT2D eigenvalue weighted by Gasteiger charge is -2.42. The molecule has 1 aliphatic heterocycles. The van der Waals surface area contributed by atoms with Crippen LogP contribution in [-0.2, 0) is 29.1 Å². The summed E-state index contributed by atoms with van der Waals surface area (Å²) in [6, 6.07) is 24.1. The first kappa shape index (κ1) is 32.7. The van der Waals surface area contributed by atoms with Crippen LogP contribution in [0.4, 0.5) is 4.79 Å². The number of nitrogens with two attached hydrogens (primary N) is 1. The summed E-state index contributed by atoms with van der Waals surface area (Å²) < 4.78 is 5.89. The van der Waals surface area contributed by atoms with Crippen LogP contribution in [0.15, 0.2) is 84.2 Å². The number of nitrogens with one attached hydrogen (secondary N) is 2. The molecule has 10 heteroatoms. The zero-order chi connectivity index (χ0) is 32.6. The van der Waals surface area contributed by atoms with Crippen molar-refractivity contribution in [3.05, 3.63) is 100 Å². The van der Waals surface area contributed by atoms with Crippen molar-refractivity contribution in [2.24, 2.45) is 5.73 Å². The molecule has 246 valence electrons. The molecule has 0 spiro atoms. The van der Waals surface area contributed by atoms with Gasteiger partial charge in [0.1, 0.15) is 11.8 Å². The van der Waals surface area contributed by atoms with Crippen LogP contribution < -0.4 is 21.1 Å². The third kappa shape index (κ3) is 8.19. The number of carbonyl (C=O) groups is 3. The number of hydrogen-bond acceptors (Lipinski definition) is 7. The fourth-order valence-corrected chi connectivity index (χ4v) is 7.32. The van der Waals surface area contributed by atoms with Crippen molar-refractivity contribution in [2.45, 2.75) is 69.7 Å². The first-order chi connectivity index (χ1) is 23.0. The highest BCUT2D eigenvalue weighted by molar-refractivity contribution is 7.09. The van der Waals surface area contributed by atoms with E-state index in [0.717, 1.165) is 52.5 Å². The fourth-order valence-electron chi connectivity index (χ4n) is 6.68. The molecule has 2 heterocycles. The van der Waals surface area contributed by atoms with E-state index in [0.29, 0.717) is 25.3 Å². The predicted octanol–water partition coefficient (Wildman–Crippen LogP) is 5.22. The maximum atomic E-state index is 14.5. The van der Waals surface area contributed by atoms with Gasteiger partial charge < -0.3 is 30.9 Å². The highest BCUT2D eigenvalue weighted by atomic mass is 32.1. The van der Waals surface area contributed by atoms with Crippen molar-refractivity contribution >= 4 is 40.0 Å². The van der Waals surface area contributed by atoms with Gasteiger partial charge in [-0.2, -0.15) is 0 Å². The van der Waals surface area contributed by atoms with E-state index in [-0.39, 0.29) is 37.5 Å². The number of ether oxygens (including phenoxy) is 1. The van der Waals surface area contributed by atoms with E-state index in [1.807, 2.05) is 72.1 Å². The quantitative estimate of drug-likeness (QED) is 0.216. The van der Waals surface area contributed by atoms with E-state index in [1.54, 1.807) is 22.3 Å². The largest absolute Gasteiger partial charge is 0.415 e. The molecule has 4 N–H and O–H groups in total. The standard InChI is InChI=1S/C37H43N5O4S/c38-23-27-10-6-9-26(21-27)22-32(40-29-13-2-1-3-14-29)36(44)42-19-18-41(25-33(42)35(43)39-24-30-15-8-20-47-30)37(45)46-34-17-7-12-28-11-4-5-16-31(28)34/h4-12,15-17,20-21,29,32-33,40H,1-3,13-14,18-19,22-25,38H2,(H,39,43)/t32-,33+/m1/s1. The highest BCUT2D eigenvalue weighted by Crippen LogP contribution is 2.27. The Balaban J connectivity index is 1.23. The summed E-state index contributed by atoms with van der Waals surface area (Å²) >= 11 is 1.56. The second kappa shape index (κ2) is 15.6. The number of amides is 3. The second-order valence-electron chi connectivity index (χ2n) is 12.4. The van der Waals surface area contributed by atoms with E-state index in [2.05, 4.69) is 16.7 Å². The van der Waals surface area contributed by atoms with Crippen LogP contribution >= 0.6 is 11.3 Å². The summed E-state index contributed by atoms with van der Waals surface area (Å²) in [5.41, 5.74) is 7.96. The van der Waals surface area contributed by atoms with E-state index in [9.17, 15) is 14.4 Å². The molecule has 2 fully saturated rings. The maximum Gasteiger partial charge on any atom is 0.415 e. The Bertz CT molecular complexity index is 1670. The number of carbonyl (C=O) groups excluding carboxylic acids is 3. The minimum absolute atomic E-state index is 0.0322. The molecule has 47 heavy (non-hydrogen) atoms. The van der Waals surface area contributed by atoms with Crippen LogP contribution in [-0.4, -0.2) is 65.5 Å². The monoisotopic (exact) mass is 653 g/mol. The molecular weight excluding hydrogens is 611 g/mol. The van der Waals surface area contributed by atoms with Gasteiger partial charge in [-0.1, -0.05) is 86.0 Å². The van der Waals surface area contributed by atoms with Crippen LogP contribution in [0.25, 0.3) is 10.8 Å². The lowest BCUT2D eigenvalue weighted by Crippen LogP contribution is -2.65. The molecule has 9 nitrogen and oxygen atoms in total. The molecular formula is C37H43N5O4S. The topological polar surface area (TPSA) is 117 Å². The molecule has 1 saturated heterocycles. The number of rotatable bonds is 10. The summed E-state index contributed by atoms with van der Waals surface area (Å²) in [4.78, 5) is 46.1. The normalized spacial score (nSPS) is 17.8. The molecule has 2 aliphatic rings. The molecule has 0 radical (unpaired) electrons. The molecule has 0 unspecified atom stereocenters. The number of fused-ring (bicyclic) bond motifs is 1. The Morgan fingerprint density at radius 2 is 1.70 bits per heavy atom. The molecule has 2 atom stereocenters. The number of nitrogens with zero attached hydrogens (tertiary/aromatic N) is 2. The average Bonchev–Trinajstić information content (AvgIpc) is 3.64. The van der Waals surface area contributed by atoms with E-state index in [4.69, 9.17) is 10.5 Å². The maximum absolute atomic E-state index is 14.5. The van der Waals surface area contributed by atoms with Gasteiger partial charge in [0.15, 0.2) is 0 Å². The van der Waals surface area contributed by atoms with Gasteiger partial charge in [-0.05, 0) is 53.3 Å². The molecule has 0 bridgehead atoms. The minimum Gasteiger partial charge on any atom is -0.410 e. The summed E-state index contributed by atoms with van der Waals surface area (Å²) in [5.74, 6) is 0.0322. The van der Waals surface area contributed by atoms with Crippen molar-refractivity contribution in [3.8, 4) is 5.75 Å². The lowest BCUT2D eigenvalue weighted by molar-refractivity contribution is -0.145. The number of piperazine rings is 1. The van der Waals surface area contributed by atoms with Gasteiger partial charge in [-0.25, -0.2) is 4.79 Å². The average molecular weight is 654 g/mol. The van der Waals surface area contributed by atoms with Gasteiger partial charge in [0.2, 0.25) is 11.8 Å². The van der Waals surface area contributed by atoms with E-state index >= 15 is 0 Å². The van der Waals surface area contributed by atoms with Crippen LogP contribution in [0, 0.1) is 0 Å². The van der Waals surface area contributed by atoms with Gasteiger partial charge in [0, 0.05) is 35.9 Å². The van der Waals surface area contributed by atoms with Gasteiger partial charge >= 0.3 is 6.09 Å². The zero-order valence-electron chi connectivity index (χ0n) is 26.6. The molecule has 3 amide bonds. The number of thiophene rings is 1. The van der Waals surface area contributed by atoms with Crippen LogP contribution in [0.2, 0.25) is 0 Å². The Morgan fingerprint density at radius 3 is 2.51 bits per heavy atom. The zero-order valence-corrected chi connectivity index (χ0v) is 27.4. The Labute approximate surface area is 280 Å². The smallest absolute Gasteiger partial charge is 0.410 e. The molecule has 6 rings (SSSR count). The lowest BCUT2D eigenvalue weighted by atomic mass is 9.93. The van der Waals surface area contributed by atoms with Gasteiger partial charge in [0.25, 0.3) is 0 Å². The predicted molar refractivity (Wildman–Crippen MR) is 185 cm³/mol. The first-order valence-electron chi connectivity index (χ1n) is 16.6. The Kier molecular flexibility index (Phi) is 10.8. The van der Waals surface area contributed by atoms with Crippen molar-refractivity contribution in [2.75, 3.05) is 19.6 Å². The molecule has 4 aromatic rings. The molecule has 1 saturated carbocycles. The molecule has 1 aliphatic carbocycles. The van der Waals surface area contributed by atoms with Crippen molar-refractivity contribution in [3.63, 3.8) is 0 Å². The summed E-state index contributed by atoms with van der Waals surface area (Å²) in [6.07, 6.45) is 5.45. The van der Waals surface area contributed by atoms with Crippen molar-refractivity contribution in [1.29, 1.82) is 0 Å². The Morgan fingerprint density at radius 1 is 0.915 bits per heavy atom. The highest BCUT2D eigenvalue weighted by Gasteiger charge is 2.40. The molecule has 1 aromatic heterocycles.